The second-order valence-electron chi connectivity index (χ2n) is 5.67. The van der Waals surface area contributed by atoms with Crippen LogP contribution in [-0.2, 0) is 24.3 Å². The van der Waals surface area contributed by atoms with E-state index in [0.717, 1.165) is 24.8 Å². The normalized spacial score (nSPS) is 17.3. The van der Waals surface area contributed by atoms with Crippen LogP contribution in [0, 0.1) is 0 Å². The van der Waals surface area contributed by atoms with Gasteiger partial charge in [-0.2, -0.15) is 0 Å². The van der Waals surface area contributed by atoms with Crippen LogP contribution in [0.1, 0.15) is 35.6 Å². The number of benzene rings is 1. The summed E-state index contributed by atoms with van der Waals surface area (Å²) in [7, 11) is 0. The maximum absolute atomic E-state index is 12.0. The van der Waals surface area contributed by atoms with Gasteiger partial charge in [-0.15, -0.1) is 0 Å². The molecule has 0 saturated carbocycles. The summed E-state index contributed by atoms with van der Waals surface area (Å²) in [5.41, 5.74) is 9.72. The first kappa shape index (κ1) is 13.9. The van der Waals surface area contributed by atoms with Gasteiger partial charge in [0.1, 0.15) is 6.54 Å². The fourth-order valence-electron chi connectivity index (χ4n) is 2.89. The molecule has 1 aliphatic rings. The van der Waals surface area contributed by atoms with Gasteiger partial charge >= 0.3 is 0 Å². The van der Waals surface area contributed by atoms with E-state index in [1.807, 2.05) is 41.1 Å². The van der Waals surface area contributed by atoms with Crippen molar-refractivity contribution in [3.8, 4) is 0 Å². The molecule has 0 spiro atoms. The Morgan fingerprint density at radius 2 is 2.10 bits per heavy atom. The van der Waals surface area contributed by atoms with Gasteiger partial charge in [0.05, 0.1) is 0 Å². The average molecular weight is 283 g/mol. The van der Waals surface area contributed by atoms with Gasteiger partial charge in [0, 0.05) is 25.0 Å². The second-order valence-corrected chi connectivity index (χ2v) is 5.67. The van der Waals surface area contributed by atoms with Gasteiger partial charge in [-0.25, -0.2) is 0 Å². The highest BCUT2D eigenvalue weighted by molar-refractivity contribution is 5.75. The molecule has 0 radical (unpaired) electrons. The molecule has 1 aromatic heterocycles. The van der Waals surface area contributed by atoms with Crippen molar-refractivity contribution in [2.75, 3.05) is 0 Å². The standard InChI is InChI=1S/C17H21N3O/c18-16-8-4-7-14-10-20(11-15(14)16)12-17(21)19-9-13-5-2-1-3-6-13/h1-3,5-6,10-11,16H,4,7-9,12,18H2,(H,19,21). The summed E-state index contributed by atoms with van der Waals surface area (Å²) in [6.07, 6.45) is 7.34. The summed E-state index contributed by atoms with van der Waals surface area (Å²) in [5, 5.41) is 2.95. The molecule has 110 valence electrons. The van der Waals surface area contributed by atoms with E-state index in [1.54, 1.807) is 0 Å². The van der Waals surface area contributed by atoms with Gasteiger partial charge < -0.3 is 15.6 Å². The molecule has 1 aliphatic carbocycles. The van der Waals surface area contributed by atoms with Crippen molar-refractivity contribution in [2.24, 2.45) is 5.73 Å². The Morgan fingerprint density at radius 3 is 2.86 bits per heavy atom. The SMILES string of the molecule is NC1CCCc2cn(CC(=O)NCc3ccccc3)cc21. The molecule has 1 heterocycles. The molecule has 0 saturated heterocycles. The Labute approximate surface area is 125 Å². The third-order valence-corrected chi connectivity index (χ3v) is 4.02. The molecule has 4 nitrogen and oxygen atoms in total. The number of rotatable bonds is 4. The Bertz CT molecular complexity index is 618. The van der Waals surface area contributed by atoms with Crippen LogP contribution < -0.4 is 11.1 Å². The van der Waals surface area contributed by atoms with E-state index < -0.39 is 0 Å². The number of aryl methyl sites for hydroxylation is 1. The van der Waals surface area contributed by atoms with E-state index in [0.29, 0.717) is 13.1 Å². The lowest BCUT2D eigenvalue weighted by atomic mass is 9.92. The van der Waals surface area contributed by atoms with Crippen molar-refractivity contribution < 1.29 is 4.79 Å². The molecule has 3 N–H and O–H groups in total. The van der Waals surface area contributed by atoms with E-state index in [1.165, 1.54) is 11.1 Å². The van der Waals surface area contributed by atoms with E-state index in [4.69, 9.17) is 5.73 Å². The van der Waals surface area contributed by atoms with Crippen molar-refractivity contribution in [1.82, 2.24) is 9.88 Å². The lowest BCUT2D eigenvalue weighted by molar-refractivity contribution is -0.121. The fourth-order valence-corrected chi connectivity index (χ4v) is 2.89. The molecule has 1 amide bonds. The predicted molar refractivity (Wildman–Crippen MR) is 82.6 cm³/mol. The van der Waals surface area contributed by atoms with Crippen LogP contribution >= 0.6 is 0 Å². The van der Waals surface area contributed by atoms with Crippen molar-refractivity contribution >= 4 is 5.91 Å². The highest BCUT2D eigenvalue weighted by atomic mass is 16.1. The summed E-state index contributed by atoms with van der Waals surface area (Å²) in [4.78, 5) is 12.0. The first-order valence-electron chi connectivity index (χ1n) is 7.47. The number of nitrogens with zero attached hydrogens (tertiary/aromatic N) is 1. The summed E-state index contributed by atoms with van der Waals surface area (Å²) >= 11 is 0. The fraction of sp³-hybridized carbons (Fsp3) is 0.353. The van der Waals surface area contributed by atoms with Gasteiger partial charge in [-0.3, -0.25) is 4.79 Å². The van der Waals surface area contributed by atoms with Crippen LogP contribution in [0.2, 0.25) is 0 Å². The highest BCUT2D eigenvalue weighted by Gasteiger charge is 2.19. The zero-order valence-electron chi connectivity index (χ0n) is 12.1. The zero-order valence-corrected chi connectivity index (χ0v) is 12.1. The number of hydrogen-bond donors (Lipinski definition) is 2. The highest BCUT2D eigenvalue weighted by Crippen LogP contribution is 2.28. The van der Waals surface area contributed by atoms with E-state index in [9.17, 15) is 4.79 Å². The molecule has 2 aromatic rings. The van der Waals surface area contributed by atoms with E-state index in [-0.39, 0.29) is 11.9 Å². The number of hydrogen-bond acceptors (Lipinski definition) is 2. The first-order valence-corrected chi connectivity index (χ1v) is 7.47. The number of amides is 1. The third kappa shape index (κ3) is 3.34. The second kappa shape index (κ2) is 6.14. The Balaban J connectivity index is 1.58. The molecule has 0 aliphatic heterocycles. The smallest absolute Gasteiger partial charge is 0.240 e. The van der Waals surface area contributed by atoms with Gasteiger partial charge in [-0.05, 0) is 36.0 Å². The Hall–Kier alpha value is -2.07. The maximum atomic E-state index is 12.0. The minimum absolute atomic E-state index is 0.0276. The number of fused-ring (bicyclic) bond motifs is 1. The van der Waals surface area contributed by atoms with Gasteiger partial charge in [-0.1, -0.05) is 30.3 Å². The molecule has 21 heavy (non-hydrogen) atoms. The Kier molecular flexibility index (Phi) is 4.06. The molecular weight excluding hydrogens is 262 g/mol. The van der Waals surface area contributed by atoms with Gasteiger partial charge in [0.15, 0.2) is 0 Å². The Morgan fingerprint density at radius 1 is 1.29 bits per heavy atom. The first-order chi connectivity index (χ1) is 10.2. The molecule has 1 aromatic carbocycles. The van der Waals surface area contributed by atoms with Gasteiger partial charge in [0.25, 0.3) is 0 Å². The predicted octanol–water partition coefficient (Wildman–Crippen LogP) is 2.14. The number of aromatic nitrogens is 1. The molecule has 3 rings (SSSR count). The molecule has 0 bridgehead atoms. The largest absolute Gasteiger partial charge is 0.350 e. The minimum atomic E-state index is 0.0276. The molecule has 4 heteroatoms. The lowest BCUT2D eigenvalue weighted by Crippen LogP contribution is -2.26. The van der Waals surface area contributed by atoms with Crippen molar-refractivity contribution in [3.63, 3.8) is 0 Å². The molecular formula is C17H21N3O. The summed E-state index contributed by atoms with van der Waals surface area (Å²) in [6, 6.07) is 10.1. The van der Waals surface area contributed by atoms with Gasteiger partial charge in [0.2, 0.25) is 5.91 Å². The van der Waals surface area contributed by atoms with Crippen molar-refractivity contribution in [2.45, 2.75) is 38.4 Å². The molecule has 0 fully saturated rings. The van der Waals surface area contributed by atoms with E-state index >= 15 is 0 Å². The van der Waals surface area contributed by atoms with Crippen LogP contribution in [0.4, 0.5) is 0 Å². The van der Waals surface area contributed by atoms with Crippen LogP contribution in [0.15, 0.2) is 42.7 Å². The zero-order chi connectivity index (χ0) is 14.7. The summed E-state index contributed by atoms with van der Waals surface area (Å²) in [6.45, 7) is 0.923. The van der Waals surface area contributed by atoms with Crippen LogP contribution in [0.25, 0.3) is 0 Å². The van der Waals surface area contributed by atoms with Crippen LogP contribution in [0.5, 0.6) is 0 Å². The van der Waals surface area contributed by atoms with Crippen LogP contribution in [0.3, 0.4) is 0 Å². The minimum Gasteiger partial charge on any atom is -0.350 e. The topological polar surface area (TPSA) is 60.0 Å². The monoisotopic (exact) mass is 283 g/mol. The quantitative estimate of drug-likeness (QED) is 0.903. The number of carbonyl (C=O) groups is 1. The van der Waals surface area contributed by atoms with E-state index in [2.05, 4.69) is 11.5 Å². The lowest BCUT2D eigenvalue weighted by Gasteiger charge is -2.17. The molecule has 1 unspecified atom stereocenters. The number of nitrogens with two attached hydrogens (primary N) is 1. The third-order valence-electron chi connectivity index (χ3n) is 4.02. The summed E-state index contributed by atoms with van der Waals surface area (Å²) < 4.78 is 1.95. The summed E-state index contributed by atoms with van der Waals surface area (Å²) in [5.74, 6) is 0.0276. The molecule has 1 atom stereocenters. The van der Waals surface area contributed by atoms with Crippen molar-refractivity contribution in [1.29, 1.82) is 0 Å². The van der Waals surface area contributed by atoms with Crippen molar-refractivity contribution in [3.05, 3.63) is 59.4 Å². The van der Waals surface area contributed by atoms with Crippen LogP contribution in [-0.4, -0.2) is 10.5 Å². The number of carbonyl (C=O) groups excluding carboxylic acids is 1. The number of nitrogens with one attached hydrogen (secondary N) is 1. The maximum Gasteiger partial charge on any atom is 0.240 e. The average Bonchev–Trinajstić information content (AvgIpc) is 2.90.